The maximum atomic E-state index is 13.4. The topological polar surface area (TPSA) is 113 Å². The van der Waals surface area contributed by atoms with Crippen LogP contribution in [0.5, 0.6) is 11.5 Å². The van der Waals surface area contributed by atoms with Crippen LogP contribution in [0.15, 0.2) is 57.0 Å². The first-order chi connectivity index (χ1) is 15.2. The van der Waals surface area contributed by atoms with E-state index in [2.05, 4.69) is 21.1 Å². The molecule has 0 unspecified atom stereocenters. The minimum absolute atomic E-state index is 0.0657. The Morgan fingerprint density at radius 2 is 1.91 bits per heavy atom. The average Bonchev–Trinajstić information content (AvgIpc) is 3.31. The van der Waals surface area contributed by atoms with Crippen molar-refractivity contribution in [3.05, 3.63) is 75.2 Å². The van der Waals surface area contributed by atoms with E-state index < -0.39 is 29.3 Å². The number of halogens is 2. The molecular weight excluding hydrogens is 487 g/mol. The molecule has 164 valence electrons. The number of ether oxygens (including phenoxy) is 1. The number of nitrogens with zero attached hydrogens (tertiary/aromatic N) is 2. The van der Waals surface area contributed by atoms with E-state index in [1.165, 1.54) is 37.4 Å². The number of Topliss-reactive ketones (excluding diaryl/α,β-unsaturated/α-hetero) is 1. The van der Waals surface area contributed by atoms with Crippen LogP contribution in [0.2, 0.25) is 0 Å². The van der Waals surface area contributed by atoms with Gasteiger partial charge in [0.15, 0.2) is 17.3 Å². The van der Waals surface area contributed by atoms with Gasteiger partial charge in [-0.3, -0.25) is 14.5 Å². The van der Waals surface area contributed by atoms with Crippen LogP contribution >= 0.6 is 15.9 Å². The monoisotopic (exact) mass is 502 g/mol. The van der Waals surface area contributed by atoms with Crippen molar-refractivity contribution in [2.45, 2.75) is 13.0 Å². The van der Waals surface area contributed by atoms with Crippen LogP contribution in [-0.4, -0.2) is 34.2 Å². The molecule has 0 bridgehead atoms. The number of carbonyl (C=O) groups excluding carboxylic acids is 2. The van der Waals surface area contributed by atoms with Gasteiger partial charge in [0.25, 0.3) is 5.78 Å². The molecule has 1 atom stereocenters. The number of hydrogen-bond acceptors (Lipinski definition) is 7. The van der Waals surface area contributed by atoms with Crippen LogP contribution in [0, 0.1) is 12.7 Å². The number of aliphatic hydroxyl groups is 1. The fraction of sp³-hybridized carbons (Fsp3) is 0.136. The Morgan fingerprint density at radius 1 is 1.22 bits per heavy atom. The van der Waals surface area contributed by atoms with Crippen LogP contribution in [0.3, 0.4) is 0 Å². The van der Waals surface area contributed by atoms with Gasteiger partial charge in [0.2, 0.25) is 0 Å². The van der Waals surface area contributed by atoms with Crippen molar-refractivity contribution in [2.75, 3.05) is 12.0 Å². The molecule has 8 nitrogen and oxygen atoms in total. The van der Waals surface area contributed by atoms with E-state index in [1.54, 1.807) is 6.92 Å². The molecule has 0 saturated carbocycles. The predicted octanol–water partition coefficient (Wildman–Crippen LogP) is 4.23. The van der Waals surface area contributed by atoms with Crippen molar-refractivity contribution < 1.29 is 33.5 Å². The lowest BCUT2D eigenvalue weighted by Crippen LogP contribution is -2.29. The van der Waals surface area contributed by atoms with E-state index in [-0.39, 0.29) is 32.9 Å². The van der Waals surface area contributed by atoms with Crippen LogP contribution in [0.4, 0.5) is 10.2 Å². The number of rotatable bonds is 4. The standard InChI is InChI=1S/C22H16BrFN2O6/c1-10-7-16(25-32-10)26-18(12-8-14(23)20(28)15(9-12)31-2)17(21(29)22(26)30)19(27)11-3-5-13(24)6-4-11/h3-9,18,27-28H,1-2H3/t18-/m1/s1. The van der Waals surface area contributed by atoms with Crippen molar-refractivity contribution in [1.82, 2.24) is 5.16 Å². The number of anilines is 1. The summed E-state index contributed by atoms with van der Waals surface area (Å²) in [4.78, 5) is 27.1. The number of aromatic nitrogens is 1. The molecule has 1 aliphatic heterocycles. The van der Waals surface area contributed by atoms with Crippen LogP contribution < -0.4 is 9.64 Å². The number of benzene rings is 2. The predicted molar refractivity (Wildman–Crippen MR) is 115 cm³/mol. The Kier molecular flexibility index (Phi) is 5.47. The Labute approximate surface area is 189 Å². The SMILES string of the molecule is COc1cc([C@@H]2C(=C(O)c3ccc(F)cc3)C(=O)C(=O)N2c2cc(C)on2)cc(Br)c1O. The highest BCUT2D eigenvalue weighted by atomic mass is 79.9. The number of aliphatic hydroxyl groups excluding tert-OH is 1. The highest BCUT2D eigenvalue weighted by Gasteiger charge is 2.48. The highest BCUT2D eigenvalue weighted by Crippen LogP contribution is 2.45. The number of carbonyl (C=O) groups is 2. The van der Waals surface area contributed by atoms with Gasteiger partial charge in [0, 0.05) is 11.6 Å². The lowest BCUT2D eigenvalue weighted by molar-refractivity contribution is -0.132. The summed E-state index contributed by atoms with van der Waals surface area (Å²) in [6, 6.07) is 8.12. The molecular formula is C22H16BrFN2O6. The molecule has 1 fully saturated rings. The number of methoxy groups -OCH3 is 1. The molecule has 32 heavy (non-hydrogen) atoms. The lowest BCUT2D eigenvalue weighted by atomic mass is 9.95. The molecule has 1 aliphatic rings. The van der Waals surface area contributed by atoms with Crippen molar-refractivity contribution >= 4 is 39.2 Å². The summed E-state index contributed by atoms with van der Waals surface area (Å²) in [6.45, 7) is 1.63. The Hall–Kier alpha value is -3.66. The summed E-state index contributed by atoms with van der Waals surface area (Å²) in [5.41, 5.74) is 0.257. The second-order valence-electron chi connectivity index (χ2n) is 7.03. The van der Waals surface area contributed by atoms with Crippen LogP contribution in [0.1, 0.15) is 22.9 Å². The molecule has 2 aromatic carbocycles. The number of ketones is 1. The van der Waals surface area contributed by atoms with Gasteiger partial charge in [-0.05, 0) is 64.8 Å². The largest absolute Gasteiger partial charge is 0.507 e. The Morgan fingerprint density at radius 3 is 2.50 bits per heavy atom. The smallest absolute Gasteiger partial charge is 0.301 e. The summed E-state index contributed by atoms with van der Waals surface area (Å²) in [7, 11) is 1.35. The molecule has 4 rings (SSSR count). The number of phenolic OH excluding ortho intramolecular Hbond substituents is 1. The highest BCUT2D eigenvalue weighted by molar-refractivity contribution is 9.10. The fourth-order valence-corrected chi connectivity index (χ4v) is 3.98. The van der Waals surface area contributed by atoms with Gasteiger partial charge in [-0.1, -0.05) is 5.16 Å². The van der Waals surface area contributed by atoms with Gasteiger partial charge in [-0.2, -0.15) is 0 Å². The first kappa shape index (κ1) is 21.6. The zero-order chi connectivity index (χ0) is 23.2. The number of aryl methyl sites for hydroxylation is 1. The molecule has 3 aromatic rings. The lowest BCUT2D eigenvalue weighted by Gasteiger charge is -2.23. The number of phenols is 1. The van der Waals surface area contributed by atoms with Gasteiger partial charge >= 0.3 is 5.91 Å². The summed E-state index contributed by atoms with van der Waals surface area (Å²) < 4.78 is 23.9. The fourth-order valence-electron chi connectivity index (χ4n) is 3.52. The third kappa shape index (κ3) is 3.52. The minimum atomic E-state index is -1.13. The van der Waals surface area contributed by atoms with E-state index in [9.17, 15) is 24.2 Å². The third-order valence-corrected chi connectivity index (χ3v) is 5.62. The van der Waals surface area contributed by atoms with Crippen molar-refractivity contribution in [1.29, 1.82) is 0 Å². The van der Waals surface area contributed by atoms with E-state index in [4.69, 9.17) is 9.26 Å². The molecule has 1 aromatic heterocycles. The molecule has 1 saturated heterocycles. The van der Waals surface area contributed by atoms with E-state index in [0.717, 1.165) is 17.0 Å². The van der Waals surface area contributed by atoms with E-state index >= 15 is 0 Å². The van der Waals surface area contributed by atoms with Gasteiger partial charge in [-0.15, -0.1) is 0 Å². The van der Waals surface area contributed by atoms with Crippen LogP contribution in [0.25, 0.3) is 5.76 Å². The van der Waals surface area contributed by atoms with Gasteiger partial charge in [-0.25, -0.2) is 4.39 Å². The molecule has 0 spiro atoms. The normalized spacial score (nSPS) is 17.8. The molecule has 1 amide bonds. The van der Waals surface area contributed by atoms with Crippen LogP contribution in [-0.2, 0) is 9.59 Å². The van der Waals surface area contributed by atoms with Crippen molar-refractivity contribution in [3.63, 3.8) is 0 Å². The zero-order valence-electron chi connectivity index (χ0n) is 16.8. The summed E-state index contributed by atoms with van der Waals surface area (Å²) in [5.74, 6) is -2.53. The molecule has 2 heterocycles. The molecule has 0 radical (unpaired) electrons. The molecule has 2 N–H and O–H groups in total. The zero-order valence-corrected chi connectivity index (χ0v) is 18.4. The summed E-state index contributed by atoms with van der Waals surface area (Å²) >= 11 is 3.23. The van der Waals surface area contributed by atoms with Gasteiger partial charge in [0.1, 0.15) is 17.3 Å². The maximum Gasteiger partial charge on any atom is 0.301 e. The van der Waals surface area contributed by atoms with Crippen molar-refractivity contribution in [3.8, 4) is 11.5 Å². The number of amides is 1. The summed E-state index contributed by atoms with van der Waals surface area (Å²) in [5, 5.41) is 25.0. The summed E-state index contributed by atoms with van der Waals surface area (Å²) in [6.07, 6.45) is 0. The molecule has 10 heteroatoms. The Balaban J connectivity index is 1.99. The van der Waals surface area contributed by atoms with Gasteiger partial charge in [0.05, 0.1) is 23.2 Å². The average molecular weight is 503 g/mol. The number of hydrogen-bond donors (Lipinski definition) is 2. The Bertz CT molecular complexity index is 1270. The second-order valence-corrected chi connectivity index (χ2v) is 7.88. The maximum absolute atomic E-state index is 13.4. The minimum Gasteiger partial charge on any atom is -0.507 e. The first-order valence-corrected chi connectivity index (χ1v) is 10.1. The quantitative estimate of drug-likeness (QED) is 0.311. The van der Waals surface area contributed by atoms with E-state index in [0.29, 0.717) is 11.3 Å². The van der Waals surface area contributed by atoms with E-state index in [1.807, 2.05) is 0 Å². The second kappa shape index (κ2) is 8.12. The first-order valence-electron chi connectivity index (χ1n) is 9.29. The molecule has 0 aliphatic carbocycles. The van der Waals surface area contributed by atoms with Crippen molar-refractivity contribution in [2.24, 2.45) is 0 Å². The number of aromatic hydroxyl groups is 1. The van der Waals surface area contributed by atoms with Gasteiger partial charge < -0.3 is 19.5 Å². The third-order valence-electron chi connectivity index (χ3n) is 5.01.